The number of rotatable bonds is 2. The molecule has 2 atom stereocenters. The van der Waals surface area contributed by atoms with Crippen molar-refractivity contribution in [1.82, 2.24) is 14.7 Å². The van der Waals surface area contributed by atoms with Gasteiger partial charge in [-0.1, -0.05) is 20.8 Å². The molecule has 2 aliphatic heterocycles. The number of hydrogen-bond donors (Lipinski definition) is 0. The number of piperazine rings is 1. The van der Waals surface area contributed by atoms with Crippen molar-refractivity contribution >= 4 is 0 Å². The van der Waals surface area contributed by atoms with E-state index < -0.39 is 0 Å². The van der Waals surface area contributed by atoms with E-state index in [1.54, 1.807) is 0 Å². The highest BCUT2D eigenvalue weighted by molar-refractivity contribution is 4.94. The van der Waals surface area contributed by atoms with Crippen molar-refractivity contribution in [1.29, 1.82) is 0 Å². The molecule has 2 fully saturated rings. The normalized spacial score (nSPS) is 30.8. The molecule has 0 saturated carbocycles. The fourth-order valence-corrected chi connectivity index (χ4v) is 5.10. The molecule has 0 N–H and O–H groups in total. The maximum absolute atomic E-state index is 2.80. The third kappa shape index (κ3) is 5.17. The van der Waals surface area contributed by atoms with Crippen LogP contribution in [0.3, 0.4) is 0 Å². The van der Waals surface area contributed by atoms with E-state index in [9.17, 15) is 0 Å². The van der Waals surface area contributed by atoms with Gasteiger partial charge in [0.2, 0.25) is 0 Å². The van der Waals surface area contributed by atoms with Crippen molar-refractivity contribution in [3.05, 3.63) is 0 Å². The minimum atomic E-state index is 0.279. The molecule has 0 aliphatic carbocycles. The summed E-state index contributed by atoms with van der Waals surface area (Å²) in [7, 11) is 0. The van der Waals surface area contributed by atoms with Crippen molar-refractivity contribution in [2.75, 3.05) is 32.7 Å². The third-order valence-corrected chi connectivity index (χ3v) is 5.49. The molecule has 0 amide bonds. The van der Waals surface area contributed by atoms with Crippen LogP contribution in [0.1, 0.15) is 68.2 Å². The van der Waals surface area contributed by atoms with Crippen molar-refractivity contribution in [2.45, 2.75) is 91.9 Å². The topological polar surface area (TPSA) is 9.72 Å². The lowest BCUT2D eigenvalue weighted by Gasteiger charge is -2.53. The van der Waals surface area contributed by atoms with Crippen LogP contribution in [0.5, 0.6) is 0 Å². The fraction of sp³-hybridized carbons (Fsp3) is 1.00. The van der Waals surface area contributed by atoms with Crippen LogP contribution >= 0.6 is 0 Å². The Hall–Kier alpha value is -0.120. The first kappa shape index (κ1) is 19.2. The van der Waals surface area contributed by atoms with Crippen molar-refractivity contribution in [2.24, 2.45) is 5.41 Å². The molecular formula is C20H41N3. The van der Waals surface area contributed by atoms with Gasteiger partial charge in [0.05, 0.1) is 0 Å². The van der Waals surface area contributed by atoms with Crippen LogP contribution in [0.25, 0.3) is 0 Å². The predicted octanol–water partition coefficient (Wildman–Crippen LogP) is 3.69. The van der Waals surface area contributed by atoms with Crippen LogP contribution in [0.4, 0.5) is 0 Å². The van der Waals surface area contributed by atoms with E-state index in [4.69, 9.17) is 0 Å². The second kappa shape index (κ2) is 7.01. The highest BCUT2D eigenvalue weighted by Gasteiger charge is 2.38. The Balaban J connectivity index is 1.88. The number of likely N-dealkylation sites (tertiary alicyclic amines) is 1. The van der Waals surface area contributed by atoms with Gasteiger partial charge in [0.15, 0.2) is 0 Å². The Morgan fingerprint density at radius 3 is 1.70 bits per heavy atom. The van der Waals surface area contributed by atoms with Gasteiger partial charge in [0, 0.05) is 43.3 Å². The standard InChI is InChI=1S/C20H41N3/c1-16-13-22(14-17(2)23(16)20(6,7)8)18-9-11-21(12-10-18)15-19(3,4)5/h16-18H,9-15H2,1-8H3/t16-,17-/m1/s1. The zero-order chi connectivity index (χ0) is 17.4. The van der Waals surface area contributed by atoms with E-state index in [2.05, 4.69) is 70.1 Å². The minimum absolute atomic E-state index is 0.279. The Morgan fingerprint density at radius 2 is 1.30 bits per heavy atom. The van der Waals surface area contributed by atoms with Gasteiger partial charge < -0.3 is 4.90 Å². The largest absolute Gasteiger partial charge is 0.303 e. The zero-order valence-corrected chi connectivity index (χ0v) is 17.0. The van der Waals surface area contributed by atoms with Gasteiger partial charge in [0.1, 0.15) is 0 Å². The summed E-state index contributed by atoms with van der Waals surface area (Å²) in [6.45, 7) is 25.3. The summed E-state index contributed by atoms with van der Waals surface area (Å²) < 4.78 is 0. The molecule has 2 aliphatic rings. The molecule has 2 saturated heterocycles. The lowest BCUT2D eigenvalue weighted by Crippen LogP contribution is -2.64. The summed E-state index contributed by atoms with van der Waals surface area (Å²) in [4.78, 5) is 8.19. The van der Waals surface area contributed by atoms with E-state index in [-0.39, 0.29) is 5.54 Å². The van der Waals surface area contributed by atoms with Crippen LogP contribution in [0.15, 0.2) is 0 Å². The summed E-state index contributed by atoms with van der Waals surface area (Å²) in [5, 5.41) is 0. The summed E-state index contributed by atoms with van der Waals surface area (Å²) >= 11 is 0. The molecule has 0 spiro atoms. The Morgan fingerprint density at radius 1 is 0.826 bits per heavy atom. The molecule has 0 aromatic rings. The average molecular weight is 324 g/mol. The number of piperidine rings is 1. The van der Waals surface area contributed by atoms with Gasteiger partial charge in [0.25, 0.3) is 0 Å². The van der Waals surface area contributed by atoms with Gasteiger partial charge in [-0.25, -0.2) is 0 Å². The lowest BCUT2D eigenvalue weighted by molar-refractivity contribution is -0.0454. The lowest BCUT2D eigenvalue weighted by atomic mass is 9.92. The molecule has 0 bridgehead atoms. The molecule has 2 rings (SSSR count). The molecule has 23 heavy (non-hydrogen) atoms. The van der Waals surface area contributed by atoms with Gasteiger partial charge in [-0.2, -0.15) is 0 Å². The molecule has 0 aromatic carbocycles. The smallest absolute Gasteiger partial charge is 0.0203 e. The first-order valence-electron chi connectivity index (χ1n) is 9.72. The van der Waals surface area contributed by atoms with Gasteiger partial charge in [-0.3, -0.25) is 9.80 Å². The SMILES string of the molecule is C[C@@H]1CN(C2CCN(CC(C)(C)C)CC2)C[C@@H](C)N1C(C)(C)C. The first-order chi connectivity index (χ1) is 10.5. The Kier molecular flexibility index (Phi) is 5.86. The maximum Gasteiger partial charge on any atom is 0.0203 e. The van der Waals surface area contributed by atoms with E-state index in [0.717, 1.165) is 6.04 Å². The quantitative estimate of drug-likeness (QED) is 0.767. The molecule has 3 heteroatoms. The van der Waals surface area contributed by atoms with Crippen LogP contribution in [0.2, 0.25) is 0 Å². The molecule has 0 aromatic heterocycles. The molecule has 2 heterocycles. The number of hydrogen-bond acceptors (Lipinski definition) is 3. The van der Waals surface area contributed by atoms with Crippen LogP contribution in [0, 0.1) is 5.41 Å². The molecule has 0 radical (unpaired) electrons. The summed E-state index contributed by atoms with van der Waals surface area (Å²) in [5.74, 6) is 0. The van der Waals surface area contributed by atoms with Crippen molar-refractivity contribution in [3.8, 4) is 0 Å². The Bertz CT molecular complexity index is 359. The van der Waals surface area contributed by atoms with Crippen LogP contribution in [-0.2, 0) is 0 Å². The first-order valence-corrected chi connectivity index (χ1v) is 9.72. The van der Waals surface area contributed by atoms with Gasteiger partial charge in [-0.05, 0) is 66.0 Å². The van der Waals surface area contributed by atoms with Crippen LogP contribution < -0.4 is 0 Å². The summed E-state index contributed by atoms with van der Waals surface area (Å²) in [6, 6.07) is 2.12. The minimum Gasteiger partial charge on any atom is -0.303 e. The van der Waals surface area contributed by atoms with Crippen molar-refractivity contribution < 1.29 is 0 Å². The molecule has 0 unspecified atom stereocenters. The van der Waals surface area contributed by atoms with Gasteiger partial charge in [-0.15, -0.1) is 0 Å². The average Bonchev–Trinajstić information content (AvgIpc) is 2.34. The fourth-order valence-electron chi connectivity index (χ4n) is 5.10. The molecule has 136 valence electrons. The zero-order valence-electron chi connectivity index (χ0n) is 17.0. The highest BCUT2D eigenvalue weighted by Crippen LogP contribution is 2.29. The summed E-state index contributed by atoms with van der Waals surface area (Å²) in [6.07, 6.45) is 2.70. The maximum atomic E-state index is 2.80. The van der Waals surface area contributed by atoms with E-state index >= 15 is 0 Å². The highest BCUT2D eigenvalue weighted by atomic mass is 15.3. The predicted molar refractivity (Wildman–Crippen MR) is 101 cm³/mol. The van der Waals surface area contributed by atoms with E-state index in [1.165, 1.54) is 45.6 Å². The van der Waals surface area contributed by atoms with E-state index in [1.807, 2.05) is 0 Å². The molecular weight excluding hydrogens is 282 g/mol. The van der Waals surface area contributed by atoms with Crippen molar-refractivity contribution in [3.63, 3.8) is 0 Å². The third-order valence-electron chi connectivity index (χ3n) is 5.49. The van der Waals surface area contributed by atoms with E-state index in [0.29, 0.717) is 17.5 Å². The number of nitrogens with zero attached hydrogens (tertiary/aromatic N) is 3. The van der Waals surface area contributed by atoms with Crippen LogP contribution in [-0.4, -0.2) is 71.1 Å². The Labute approximate surface area is 145 Å². The molecule has 3 nitrogen and oxygen atoms in total. The summed E-state index contributed by atoms with van der Waals surface area (Å²) in [5.41, 5.74) is 0.704. The van der Waals surface area contributed by atoms with Gasteiger partial charge >= 0.3 is 0 Å². The second-order valence-corrected chi connectivity index (χ2v) is 10.3. The second-order valence-electron chi connectivity index (χ2n) is 10.3. The monoisotopic (exact) mass is 323 g/mol.